The summed E-state index contributed by atoms with van der Waals surface area (Å²) in [5.41, 5.74) is -1.61. The Hall–Kier alpha value is -2.49. The van der Waals surface area contributed by atoms with Gasteiger partial charge in [0, 0.05) is 32.0 Å². The SMILES string of the molecule is COC(=O)C(Nc1ccc([N+](=O)[O-])cc1)C(C(=O)OC)P(=O)(OC)OC. The molecule has 1 aromatic rings. The molecule has 12 heteroatoms. The molecule has 1 N–H and O–H groups in total. The van der Waals surface area contributed by atoms with Gasteiger partial charge in [0.1, 0.15) is 6.04 Å². The fourth-order valence-electron chi connectivity index (χ4n) is 2.12. The number of hydrogen-bond donors (Lipinski definition) is 1. The molecule has 2 atom stereocenters. The maximum absolute atomic E-state index is 12.8. The van der Waals surface area contributed by atoms with Gasteiger partial charge in [-0.05, 0) is 12.1 Å². The van der Waals surface area contributed by atoms with E-state index in [-0.39, 0.29) is 11.4 Å². The summed E-state index contributed by atoms with van der Waals surface area (Å²) < 4.78 is 31.7. The summed E-state index contributed by atoms with van der Waals surface area (Å²) in [6.45, 7) is 0. The first kappa shape index (κ1) is 21.6. The third-order valence-electron chi connectivity index (χ3n) is 3.46. The fraction of sp³-hybridized carbons (Fsp3) is 0.429. The van der Waals surface area contributed by atoms with Crippen molar-refractivity contribution in [3.8, 4) is 0 Å². The van der Waals surface area contributed by atoms with E-state index in [9.17, 15) is 24.3 Å². The topological polar surface area (TPSA) is 143 Å². The Morgan fingerprint density at radius 2 is 1.54 bits per heavy atom. The molecule has 0 aliphatic carbocycles. The molecule has 0 aliphatic heterocycles. The van der Waals surface area contributed by atoms with Crippen LogP contribution in [0.5, 0.6) is 0 Å². The molecule has 0 aliphatic rings. The first-order valence-electron chi connectivity index (χ1n) is 7.11. The van der Waals surface area contributed by atoms with Crippen LogP contribution in [0.15, 0.2) is 24.3 Å². The van der Waals surface area contributed by atoms with Crippen molar-refractivity contribution in [1.82, 2.24) is 0 Å². The van der Waals surface area contributed by atoms with E-state index in [1.807, 2.05) is 0 Å². The largest absolute Gasteiger partial charge is 0.468 e. The Morgan fingerprint density at radius 3 is 1.92 bits per heavy atom. The normalized spacial score (nSPS) is 13.4. The first-order chi connectivity index (χ1) is 12.2. The summed E-state index contributed by atoms with van der Waals surface area (Å²) in [5, 5.41) is 13.4. The summed E-state index contributed by atoms with van der Waals surface area (Å²) in [7, 11) is 0.139. The van der Waals surface area contributed by atoms with Crippen LogP contribution in [-0.2, 0) is 32.7 Å². The van der Waals surface area contributed by atoms with Crippen LogP contribution in [0.2, 0.25) is 0 Å². The quantitative estimate of drug-likeness (QED) is 0.285. The van der Waals surface area contributed by atoms with Gasteiger partial charge in [0.15, 0.2) is 5.66 Å². The van der Waals surface area contributed by atoms with E-state index in [0.717, 1.165) is 28.4 Å². The van der Waals surface area contributed by atoms with Crippen LogP contribution in [0.4, 0.5) is 11.4 Å². The second-order valence-electron chi connectivity index (χ2n) is 4.82. The summed E-state index contributed by atoms with van der Waals surface area (Å²) >= 11 is 0. The van der Waals surface area contributed by atoms with Crippen LogP contribution < -0.4 is 5.32 Å². The standard InChI is InChI=1S/C14H19N2O9P/c1-22-13(17)11(12(14(18)23-2)26(21,24-3)25-4)15-9-5-7-10(8-6-9)16(19)20/h5-8,11-12,15H,1-4H3. The number of esters is 2. The van der Waals surface area contributed by atoms with Crippen LogP contribution >= 0.6 is 7.60 Å². The highest BCUT2D eigenvalue weighted by molar-refractivity contribution is 7.55. The third-order valence-corrected chi connectivity index (χ3v) is 5.67. The summed E-state index contributed by atoms with van der Waals surface area (Å²) in [4.78, 5) is 34.5. The summed E-state index contributed by atoms with van der Waals surface area (Å²) in [5.74, 6) is -1.96. The lowest BCUT2D eigenvalue weighted by molar-refractivity contribution is -0.384. The molecular formula is C14H19N2O9P. The fourth-order valence-corrected chi connectivity index (χ4v) is 3.65. The van der Waals surface area contributed by atoms with Gasteiger partial charge in [-0.2, -0.15) is 0 Å². The molecule has 1 aromatic carbocycles. The van der Waals surface area contributed by atoms with Crippen molar-refractivity contribution in [2.75, 3.05) is 33.8 Å². The average Bonchev–Trinajstić information content (AvgIpc) is 2.66. The van der Waals surface area contributed by atoms with Gasteiger partial charge in [-0.1, -0.05) is 0 Å². The predicted octanol–water partition coefficient (Wildman–Crippen LogP) is 1.58. The molecule has 0 amide bonds. The minimum atomic E-state index is -4.10. The number of ether oxygens (including phenoxy) is 2. The molecule has 0 spiro atoms. The monoisotopic (exact) mass is 390 g/mol. The van der Waals surface area contributed by atoms with E-state index in [2.05, 4.69) is 14.8 Å². The number of nitrogens with zero attached hydrogens (tertiary/aromatic N) is 1. The molecule has 1 rings (SSSR count). The number of nitro groups is 1. The van der Waals surface area contributed by atoms with Crippen molar-refractivity contribution in [1.29, 1.82) is 0 Å². The summed E-state index contributed by atoms with van der Waals surface area (Å²) in [6.07, 6.45) is 0. The van der Waals surface area contributed by atoms with E-state index < -0.39 is 36.2 Å². The van der Waals surface area contributed by atoms with Gasteiger partial charge in [0.2, 0.25) is 0 Å². The van der Waals surface area contributed by atoms with Crippen LogP contribution in [-0.4, -0.2) is 57.0 Å². The van der Waals surface area contributed by atoms with Crippen LogP contribution in [0.25, 0.3) is 0 Å². The Bertz CT molecular complexity index is 699. The highest BCUT2D eigenvalue weighted by Gasteiger charge is 2.50. The second kappa shape index (κ2) is 9.27. The Labute approximate surface area is 149 Å². The molecule has 0 saturated heterocycles. The number of carbonyl (C=O) groups is 2. The van der Waals surface area contributed by atoms with Crippen molar-refractivity contribution in [2.24, 2.45) is 0 Å². The van der Waals surface area contributed by atoms with Gasteiger partial charge in [-0.25, -0.2) is 4.79 Å². The molecule has 144 valence electrons. The smallest absolute Gasteiger partial charge is 0.347 e. The maximum atomic E-state index is 12.8. The number of methoxy groups -OCH3 is 2. The molecule has 11 nitrogen and oxygen atoms in total. The van der Waals surface area contributed by atoms with Crippen molar-refractivity contribution in [3.63, 3.8) is 0 Å². The van der Waals surface area contributed by atoms with Crippen LogP contribution in [0.3, 0.4) is 0 Å². The highest BCUT2D eigenvalue weighted by atomic mass is 31.2. The average molecular weight is 390 g/mol. The number of benzene rings is 1. The number of hydrogen-bond acceptors (Lipinski definition) is 10. The number of nitro benzene ring substituents is 1. The molecule has 0 saturated carbocycles. The van der Waals surface area contributed by atoms with Gasteiger partial charge in [-0.3, -0.25) is 19.5 Å². The lowest BCUT2D eigenvalue weighted by atomic mass is 10.1. The van der Waals surface area contributed by atoms with E-state index in [0.29, 0.717) is 0 Å². The zero-order valence-corrected chi connectivity index (χ0v) is 15.4. The van der Waals surface area contributed by atoms with Gasteiger partial charge in [-0.15, -0.1) is 0 Å². The van der Waals surface area contributed by atoms with Gasteiger partial charge >= 0.3 is 19.5 Å². The number of carbonyl (C=O) groups excluding carboxylic acids is 2. The molecule has 0 bridgehead atoms. The molecular weight excluding hydrogens is 371 g/mol. The van der Waals surface area contributed by atoms with Crippen molar-refractivity contribution in [3.05, 3.63) is 34.4 Å². The number of rotatable bonds is 9. The predicted molar refractivity (Wildman–Crippen MR) is 90.0 cm³/mol. The van der Waals surface area contributed by atoms with Crippen LogP contribution in [0.1, 0.15) is 0 Å². The van der Waals surface area contributed by atoms with Gasteiger partial charge < -0.3 is 23.8 Å². The Kier molecular flexibility index (Phi) is 7.69. The first-order valence-corrected chi connectivity index (χ1v) is 8.73. The number of nitrogens with one attached hydrogen (secondary N) is 1. The zero-order chi connectivity index (χ0) is 19.9. The minimum absolute atomic E-state index is 0.172. The minimum Gasteiger partial charge on any atom is -0.468 e. The molecule has 0 aromatic heterocycles. The lowest BCUT2D eigenvalue weighted by Gasteiger charge is -2.28. The van der Waals surface area contributed by atoms with E-state index in [4.69, 9.17) is 9.05 Å². The Balaban J connectivity index is 3.32. The number of anilines is 1. The highest BCUT2D eigenvalue weighted by Crippen LogP contribution is 2.53. The van der Waals surface area contributed by atoms with E-state index in [1.54, 1.807) is 0 Å². The third kappa shape index (κ3) is 4.78. The van der Waals surface area contributed by atoms with Crippen molar-refractivity contribution >= 4 is 30.9 Å². The van der Waals surface area contributed by atoms with Gasteiger partial charge in [0.05, 0.1) is 19.1 Å². The van der Waals surface area contributed by atoms with E-state index in [1.165, 1.54) is 24.3 Å². The van der Waals surface area contributed by atoms with Gasteiger partial charge in [0.25, 0.3) is 5.69 Å². The van der Waals surface area contributed by atoms with Crippen molar-refractivity contribution < 1.29 is 37.6 Å². The molecule has 2 unspecified atom stereocenters. The second-order valence-corrected chi connectivity index (χ2v) is 7.19. The zero-order valence-electron chi connectivity index (χ0n) is 14.5. The van der Waals surface area contributed by atoms with E-state index >= 15 is 0 Å². The Morgan fingerprint density at radius 1 is 1.04 bits per heavy atom. The van der Waals surface area contributed by atoms with Crippen molar-refractivity contribution in [2.45, 2.75) is 11.7 Å². The molecule has 26 heavy (non-hydrogen) atoms. The maximum Gasteiger partial charge on any atom is 0.347 e. The summed E-state index contributed by atoms with van der Waals surface area (Å²) in [6, 6.07) is 3.51. The lowest BCUT2D eigenvalue weighted by Crippen LogP contribution is -2.46. The molecule has 0 fully saturated rings. The molecule has 0 radical (unpaired) electrons. The van der Waals surface area contributed by atoms with Crippen LogP contribution in [0, 0.1) is 10.1 Å². The number of non-ortho nitro benzene ring substituents is 1. The molecule has 0 heterocycles.